The monoisotopic (exact) mass is 672 g/mol. The van der Waals surface area contributed by atoms with Crippen molar-refractivity contribution < 1.29 is 34.8 Å². The number of hydrogen-bond donors (Lipinski definition) is 6. The third-order valence-electron chi connectivity index (χ3n) is 8.91. The lowest BCUT2D eigenvalue weighted by atomic mass is 10.0. The van der Waals surface area contributed by atoms with Gasteiger partial charge in [0, 0.05) is 19.0 Å². The highest BCUT2D eigenvalue weighted by Gasteiger charge is 2.43. The molecule has 0 radical (unpaired) electrons. The van der Waals surface area contributed by atoms with Crippen molar-refractivity contribution in [3.63, 3.8) is 0 Å². The number of phenolic OH excluding ortho intramolecular Hbond substituents is 1. The Balaban J connectivity index is 1.43. The summed E-state index contributed by atoms with van der Waals surface area (Å²) in [5.74, 6) is -0.821. The number of ether oxygens (including phenoxy) is 1. The summed E-state index contributed by atoms with van der Waals surface area (Å²) < 4.78 is 6.36. The highest BCUT2D eigenvalue weighted by atomic mass is 16.6. The summed E-state index contributed by atoms with van der Waals surface area (Å²) in [4.78, 5) is 42.8. The van der Waals surface area contributed by atoms with E-state index in [1.54, 1.807) is 12.1 Å². The lowest BCUT2D eigenvalue weighted by Gasteiger charge is -2.20. The minimum Gasteiger partial charge on any atom is -0.508 e. The molecule has 0 saturated carbocycles. The number of unbranched alkanes of at least 4 members (excludes halogenated alkanes) is 14. The first-order chi connectivity index (χ1) is 23.2. The first kappa shape index (κ1) is 39.1. The fraction of sp³-hybridized carbons (Fsp3) is 0.667. The number of carbonyl (C=O) groups excluding carboxylic acids is 2. The number of aromatic hydroxyl groups is 1. The average Bonchev–Trinajstić information content (AvgIpc) is 3.36. The standard InChI is InChI=1S/C36H56N4O8/c1-2-3-4-5-6-7-8-9-10-11-12-13-14-15-16-17-31(43)37-28(24-26-18-20-27(42)21-19-26)34(46)38-30-22-23-40(36(47)39-30)35-33(45)32(44)29(25-41)48-35/h18-23,28-29,32-33,35,41-42,44-45H,2-17,24-25H2,1H3,(H,37,43)(H,38,39,46,47)/t28-,29-,32-,33+,35-/m0/s1. The van der Waals surface area contributed by atoms with Crippen LogP contribution in [0.25, 0.3) is 0 Å². The van der Waals surface area contributed by atoms with E-state index in [1.807, 2.05) is 0 Å². The Morgan fingerprint density at radius 1 is 0.854 bits per heavy atom. The van der Waals surface area contributed by atoms with Gasteiger partial charge in [-0.1, -0.05) is 109 Å². The van der Waals surface area contributed by atoms with Gasteiger partial charge in [0.1, 0.15) is 35.9 Å². The van der Waals surface area contributed by atoms with E-state index in [4.69, 9.17) is 4.74 Å². The number of aromatic nitrogens is 2. The van der Waals surface area contributed by atoms with Gasteiger partial charge in [-0.2, -0.15) is 4.98 Å². The van der Waals surface area contributed by atoms with E-state index in [0.717, 1.165) is 30.3 Å². The molecule has 48 heavy (non-hydrogen) atoms. The number of benzene rings is 1. The molecule has 1 saturated heterocycles. The maximum atomic E-state index is 13.3. The van der Waals surface area contributed by atoms with Crippen LogP contribution in [-0.2, 0) is 20.7 Å². The number of anilines is 1. The molecule has 0 aliphatic carbocycles. The molecule has 12 nitrogen and oxygen atoms in total. The van der Waals surface area contributed by atoms with Crippen LogP contribution in [0.3, 0.4) is 0 Å². The van der Waals surface area contributed by atoms with E-state index < -0.39 is 48.8 Å². The molecule has 2 heterocycles. The molecule has 1 aromatic heterocycles. The maximum Gasteiger partial charge on any atom is 0.351 e. The third kappa shape index (κ3) is 13.3. The fourth-order valence-electron chi connectivity index (χ4n) is 6.00. The van der Waals surface area contributed by atoms with Crippen molar-refractivity contribution in [2.45, 2.75) is 147 Å². The Morgan fingerprint density at radius 3 is 1.94 bits per heavy atom. The van der Waals surface area contributed by atoms with Crippen molar-refractivity contribution in [1.82, 2.24) is 14.9 Å². The van der Waals surface area contributed by atoms with Crippen molar-refractivity contribution in [1.29, 1.82) is 0 Å². The van der Waals surface area contributed by atoms with Crippen LogP contribution in [-0.4, -0.2) is 72.8 Å². The zero-order valence-electron chi connectivity index (χ0n) is 28.4. The van der Waals surface area contributed by atoms with Crippen LogP contribution in [0.15, 0.2) is 41.3 Å². The Kier molecular flexibility index (Phi) is 17.6. The molecule has 2 aromatic rings. The Bertz CT molecular complexity index is 1290. The molecule has 6 N–H and O–H groups in total. The molecule has 0 spiro atoms. The van der Waals surface area contributed by atoms with Crippen molar-refractivity contribution in [3.8, 4) is 5.75 Å². The van der Waals surface area contributed by atoms with E-state index in [1.165, 1.54) is 95.0 Å². The smallest absolute Gasteiger partial charge is 0.351 e. The maximum absolute atomic E-state index is 13.3. The van der Waals surface area contributed by atoms with E-state index in [9.17, 15) is 34.8 Å². The van der Waals surface area contributed by atoms with E-state index in [2.05, 4.69) is 22.5 Å². The normalized spacial score (nSPS) is 19.7. The quantitative estimate of drug-likeness (QED) is 0.0927. The first-order valence-corrected chi connectivity index (χ1v) is 17.8. The lowest BCUT2D eigenvalue weighted by Crippen LogP contribution is -2.45. The van der Waals surface area contributed by atoms with Gasteiger partial charge in [0.15, 0.2) is 6.23 Å². The van der Waals surface area contributed by atoms with Gasteiger partial charge in [-0.3, -0.25) is 14.2 Å². The molecule has 1 aliphatic rings. The van der Waals surface area contributed by atoms with Crippen LogP contribution < -0.4 is 16.3 Å². The fourth-order valence-corrected chi connectivity index (χ4v) is 6.00. The van der Waals surface area contributed by atoms with Gasteiger partial charge in [0.2, 0.25) is 11.8 Å². The molecule has 2 amide bonds. The van der Waals surface area contributed by atoms with Gasteiger partial charge in [-0.05, 0) is 30.2 Å². The second-order valence-electron chi connectivity index (χ2n) is 12.9. The highest BCUT2D eigenvalue weighted by Crippen LogP contribution is 2.28. The predicted octanol–water partition coefficient (Wildman–Crippen LogP) is 4.49. The molecule has 5 atom stereocenters. The number of nitrogens with one attached hydrogen (secondary N) is 2. The average molecular weight is 673 g/mol. The summed E-state index contributed by atoms with van der Waals surface area (Å²) in [6, 6.07) is 6.70. The van der Waals surface area contributed by atoms with Gasteiger partial charge in [0.05, 0.1) is 6.61 Å². The van der Waals surface area contributed by atoms with Crippen molar-refractivity contribution in [2.24, 2.45) is 0 Å². The molecule has 1 fully saturated rings. The number of amides is 2. The molecular weight excluding hydrogens is 616 g/mol. The van der Waals surface area contributed by atoms with Crippen LogP contribution in [0.2, 0.25) is 0 Å². The molecule has 0 unspecified atom stereocenters. The van der Waals surface area contributed by atoms with E-state index in [0.29, 0.717) is 5.56 Å². The number of aliphatic hydroxyl groups is 3. The Labute approximate surface area is 283 Å². The van der Waals surface area contributed by atoms with Crippen LogP contribution in [0, 0.1) is 0 Å². The van der Waals surface area contributed by atoms with E-state index in [-0.39, 0.29) is 30.3 Å². The van der Waals surface area contributed by atoms with Crippen molar-refractivity contribution >= 4 is 17.6 Å². The van der Waals surface area contributed by atoms with E-state index >= 15 is 0 Å². The van der Waals surface area contributed by atoms with Gasteiger partial charge >= 0.3 is 5.69 Å². The van der Waals surface area contributed by atoms with Crippen LogP contribution in [0.5, 0.6) is 5.75 Å². The lowest BCUT2D eigenvalue weighted by molar-refractivity contribution is -0.126. The minimum absolute atomic E-state index is 0.0691. The number of phenols is 1. The second kappa shape index (κ2) is 21.6. The summed E-state index contributed by atoms with van der Waals surface area (Å²) in [5.41, 5.74) is -0.136. The van der Waals surface area contributed by atoms with Gasteiger partial charge in [-0.25, -0.2) is 4.79 Å². The zero-order chi connectivity index (χ0) is 34.7. The molecule has 3 rings (SSSR count). The molecule has 268 valence electrons. The summed E-state index contributed by atoms with van der Waals surface area (Å²) in [5, 5.41) is 44.6. The minimum atomic E-state index is -1.46. The van der Waals surface area contributed by atoms with Crippen molar-refractivity contribution in [3.05, 3.63) is 52.6 Å². The SMILES string of the molecule is CCCCCCCCCCCCCCCCCC(=O)N[C@@H](Cc1ccc(O)cc1)C(=O)Nc1ccn([C@H]2O[C@@H](CO)[C@H](O)[C@H]2O)c(=O)n1. The molecule has 1 aliphatic heterocycles. The second-order valence-corrected chi connectivity index (χ2v) is 12.9. The molecular formula is C36H56N4O8. The number of rotatable bonds is 23. The number of carbonyl (C=O) groups is 2. The third-order valence-corrected chi connectivity index (χ3v) is 8.91. The van der Waals surface area contributed by atoms with Gasteiger partial charge < -0.3 is 35.8 Å². The largest absolute Gasteiger partial charge is 0.508 e. The van der Waals surface area contributed by atoms with Gasteiger partial charge in [0.25, 0.3) is 0 Å². The van der Waals surface area contributed by atoms with Crippen LogP contribution in [0.4, 0.5) is 5.82 Å². The first-order valence-electron chi connectivity index (χ1n) is 17.8. The topological polar surface area (TPSA) is 183 Å². The Morgan fingerprint density at radius 2 is 1.42 bits per heavy atom. The Hall–Kier alpha value is -3.32. The summed E-state index contributed by atoms with van der Waals surface area (Å²) in [6.07, 6.45) is 15.0. The number of nitrogens with zero attached hydrogens (tertiary/aromatic N) is 2. The molecule has 1 aromatic carbocycles. The number of hydrogen-bond acceptors (Lipinski definition) is 9. The highest BCUT2D eigenvalue weighted by molar-refractivity contribution is 5.96. The number of aliphatic hydroxyl groups excluding tert-OH is 3. The summed E-state index contributed by atoms with van der Waals surface area (Å²) in [7, 11) is 0. The summed E-state index contributed by atoms with van der Waals surface area (Å²) >= 11 is 0. The van der Waals surface area contributed by atoms with Crippen molar-refractivity contribution in [2.75, 3.05) is 11.9 Å². The predicted molar refractivity (Wildman–Crippen MR) is 183 cm³/mol. The molecule has 0 bridgehead atoms. The zero-order valence-corrected chi connectivity index (χ0v) is 28.4. The van der Waals surface area contributed by atoms with Crippen LogP contribution in [0.1, 0.15) is 121 Å². The van der Waals surface area contributed by atoms with Gasteiger partial charge in [-0.15, -0.1) is 0 Å². The van der Waals surface area contributed by atoms with Crippen LogP contribution >= 0.6 is 0 Å². The molecule has 12 heteroatoms. The summed E-state index contributed by atoms with van der Waals surface area (Å²) in [6.45, 7) is 1.70.